The van der Waals surface area contributed by atoms with Crippen LogP contribution in [0.15, 0.2) is 18.3 Å². The van der Waals surface area contributed by atoms with Gasteiger partial charge in [-0.15, -0.1) is 0 Å². The van der Waals surface area contributed by atoms with Gasteiger partial charge in [-0.05, 0) is 32.1 Å². The molecule has 0 aliphatic heterocycles. The first-order chi connectivity index (χ1) is 7.65. The van der Waals surface area contributed by atoms with Gasteiger partial charge >= 0.3 is 0 Å². The lowest BCUT2D eigenvalue weighted by Gasteiger charge is -2.23. The molecule has 1 heterocycles. The van der Waals surface area contributed by atoms with Gasteiger partial charge in [0.1, 0.15) is 5.82 Å². The maximum atomic E-state index is 5.78. The van der Waals surface area contributed by atoms with Crippen molar-refractivity contribution >= 4 is 17.4 Å². The van der Waals surface area contributed by atoms with Crippen LogP contribution >= 0.6 is 11.6 Å². The summed E-state index contributed by atoms with van der Waals surface area (Å²) in [6.07, 6.45) is 1.66. The predicted molar refractivity (Wildman–Crippen MR) is 70.1 cm³/mol. The summed E-state index contributed by atoms with van der Waals surface area (Å²) in [5.74, 6) is 0.879. The molecule has 0 bridgehead atoms. The highest BCUT2D eigenvalue weighted by molar-refractivity contribution is 6.30. The van der Waals surface area contributed by atoms with Gasteiger partial charge in [0, 0.05) is 18.8 Å². The van der Waals surface area contributed by atoms with Gasteiger partial charge in [0.2, 0.25) is 0 Å². The molecule has 90 valence electrons. The Kier molecular flexibility index (Phi) is 5.56. The van der Waals surface area contributed by atoms with E-state index in [1.807, 2.05) is 12.1 Å². The molecule has 16 heavy (non-hydrogen) atoms. The van der Waals surface area contributed by atoms with E-state index in [0.717, 1.165) is 25.5 Å². The number of halogens is 1. The van der Waals surface area contributed by atoms with Crippen LogP contribution in [-0.4, -0.2) is 35.6 Å². The van der Waals surface area contributed by atoms with Gasteiger partial charge in [-0.25, -0.2) is 4.98 Å². The normalized spacial score (nSPS) is 12.8. The average molecular weight is 242 g/mol. The van der Waals surface area contributed by atoms with Crippen LogP contribution in [0.1, 0.15) is 20.8 Å². The molecule has 1 rings (SSSR count). The van der Waals surface area contributed by atoms with Crippen LogP contribution in [0.3, 0.4) is 0 Å². The SMILES string of the molecule is CCN(CC)CC(C)Nc1ccc(Cl)cn1. The lowest BCUT2D eigenvalue weighted by Crippen LogP contribution is -2.34. The topological polar surface area (TPSA) is 28.2 Å². The summed E-state index contributed by atoms with van der Waals surface area (Å²) in [4.78, 5) is 6.60. The summed E-state index contributed by atoms with van der Waals surface area (Å²) < 4.78 is 0. The van der Waals surface area contributed by atoms with Gasteiger partial charge in [-0.2, -0.15) is 0 Å². The van der Waals surface area contributed by atoms with Gasteiger partial charge in [-0.1, -0.05) is 25.4 Å². The molecule has 1 aromatic rings. The van der Waals surface area contributed by atoms with E-state index >= 15 is 0 Å². The van der Waals surface area contributed by atoms with Crippen molar-refractivity contribution in [2.75, 3.05) is 25.0 Å². The number of hydrogen-bond acceptors (Lipinski definition) is 3. The molecule has 0 amide bonds. The van der Waals surface area contributed by atoms with Crippen LogP contribution in [0.2, 0.25) is 5.02 Å². The summed E-state index contributed by atoms with van der Waals surface area (Å²) in [5.41, 5.74) is 0. The molecule has 0 fully saturated rings. The van der Waals surface area contributed by atoms with E-state index in [0.29, 0.717) is 11.1 Å². The van der Waals surface area contributed by atoms with Crippen LogP contribution < -0.4 is 5.32 Å². The second-order valence-corrected chi connectivity index (χ2v) is 4.33. The fourth-order valence-corrected chi connectivity index (χ4v) is 1.74. The Morgan fingerprint density at radius 2 is 2.06 bits per heavy atom. The molecule has 1 N–H and O–H groups in total. The highest BCUT2D eigenvalue weighted by atomic mass is 35.5. The summed E-state index contributed by atoms with van der Waals surface area (Å²) in [6, 6.07) is 4.14. The maximum absolute atomic E-state index is 5.78. The molecule has 0 spiro atoms. The zero-order valence-corrected chi connectivity index (χ0v) is 11.0. The third kappa shape index (κ3) is 4.37. The van der Waals surface area contributed by atoms with Crippen molar-refractivity contribution in [3.8, 4) is 0 Å². The van der Waals surface area contributed by atoms with Crippen molar-refractivity contribution < 1.29 is 0 Å². The monoisotopic (exact) mass is 241 g/mol. The van der Waals surface area contributed by atoms with Gasteiger partial charge in [0.15, 0.2) is 0 Å². The van der Waals surface area contributed by atoms with Crippen molar-refractivity contribution in [3.63, 3.8) is 0 Å². The number of pyridine rings is 1. The number of likely N-dealkylation sites (N-methyl/N-ethyl adjacent to an activating group) is 1. The fraction of sp³-hybridized carbons (Fsp3) is 0.583. The first kappa shape index (κ1) is 13.3. The van der Waals surface area contributed by atoms with E-state index in [1.54, 1.807) is 6.20 Å². The van der Waals surface area contributed by atoms with Gasteiger partial charge in [0.05, 0.1) is 5.02 Å². The number of rotatable bonds is 6. The van der Waals surface area contributed by atoms with Crippen molar-refractivity contribution in [2.45, 2.75) is 26.8 Å². The Morgan fingerprint density at radius 1 is 1.38 bits per heavy atom. The quantitative estimate of drug-likeness (QED) is 0.830. The molecule has 0 saturated heterocycles. The molecule has 4 heteroatoms. The first-order valence-electron chi connectivity index (χ1n) is 5.76. The molecule has 1 atom stereocenters. The molecule has 0 aliphatic carbocycles. The van der Waals surface area contributed by atoms with E-state index in [-0.39, 0.29) is 0 Å². The van der Waals surface area contributed by atoms with E-state index in [4.69, 9.17) is 11.6 Å². The van der Waals surface area contributed by atoms with Crippen LogP contribution in [0, 0.1) is 0 Å². The molecule has 1 unspecified atom stereocenters. The first-order valence-corrected chi connectivity index (χ1v) is 6.14. The summed E-state index contributed by atoms with van der Waals surface area (Å²) in [7, 11) is 0. The van der Waals surface area contributed by atoms with Crippen LogP contribution in [0.25, 0.3) is 0 Å². The average Bonchev–Trinajstić information content (AvgIpc) is 2.29. The molecule has 0 saturated carbocycles. The summed E-state index contributed by atoms with van der Waals surface area (Å²) in [5, 5.41) is 4.03. The maximum Gasteiger partial charge on any atom is 0.126 e. The van der Waals surface area contributed by atoms with Gasteiger partial charge in [-0.3, -0.25) is 0 Å². The number of nitrogens with one attached hydrogen (secondary N) is 1. The standard InChI is InChI=1S/C12H20ClN3/c1-4-16(5-2)9-10(3)15-12-7-6-11(13)8-14-12/h6-8,10H,4-5,9H2,1-3H3,(H,14,15). The van der Waals surface area contributed by atoms with Crippen LogP contribution in [0.5, 0.6) is 0 Å². The largest absolute Gasteiger partial charge is 0.366 e. The van der Waals surface area contributed by atoms with Crippen LogP contribution in [-0.2, 0) is 0 Å². The lowest BCUT2D eigenvalue weighted by atomic mass is 10.3. The third-order valence-corrected chi connectivity index (χ3v) is 2.77. The van der Waals surface area contributed by atoms with Crippen molar-refractivity contribution in [2.24, 2.45) is 0 Å². The number of aromatic nitrogens is 1. The van der Waals surface area contributed by atoms with Crippen molar-refractivity contribution in [1.29, 1.82) is 0 Å². The van der Waals surface area contributed by atoms with E-state index in [2.05, 4.69) is 36.0 Å². The minimum Gasteiger partial charge on any atom is -0.366 e. The highest BCUT2D eigenvalue weighted by Gasteiger charge is 2.07. The second-order valence-electron chi connectivity index (χ2n) is 3.89. The molecule has 0 radical (unpaired) electrons. The highest BCUT2D eigenvalue weighted by Crippen LogP contribution is 2.10. The summed E-state index contributed by atoms with van der Waals surface area (Å²) in [6.45, 7) is 9.70. The van der Waals surface area contributed by atoms with E-state index < -0.39 is 0 Å². The molecule has 0 aliphatic rings. The molecular weight excluding hydrogens is 222 g/mol. The molecule has 1 aromatic heterocycles. The number of anilines is 1. The molecular formula is C12H20ClN3. The lowest BCUT2D eigenvalue weighted by molar-refractivity contribution is 0.294. The summed E-state index contributed by atoms with van der Waals surface area (Å²) >= 11 is 5.78. The smallest absolute Gasteiger partial charge is 0.126 e. The zero-order valence-electron chi connectivity index (χ0n) is 10.2. The number of hydrogen-bond donors (Lipinski definition) is 1. The Balaban J connectivity index is 2.44. The molecule has 3 nitrogen and oxygen atoms in total. The van der Waals surface area contributed by atoms with E-state index in [1.165, 1.54) is 0 Å². The minimum absolute atomic E-state index is 0.383. The Labute approximate surface area is 103 Å². The Hall–Kier alpha value is -0.800. The second kappa shape index (κ2) is 6.71. The number of nitrogens with zero attached hydrogens (tertiary/aromatic N) is 2. The predicted octanol–water partition coefficient (Wildman–Crippen LogP) is 2.88. The van der Waals surface area contributed by atoms with Crippen LogP contribution in [0.4, 0.5) is 5.82 Å². The fourth-order valence-electron chi connectivity index (χ4n) is 1.63. The van der Waals surface area contributed by atoms with Crippen molar-refractivity contribution in [3.05, 3.63) is 23.4 Å². The minimum atomic E-state index is 0.383. The molecule has 0 aromatic carbocycles. The third-order valence-electron chi connectivity index (χ3n) is 2.55. The van der Waals surface area contributed by atoms with Crippen molar-refractivity contribution in [1.82, 2.24) is 9.88 Å². The zero-order chi connectivity index (χ0) is 12.0. The van der Waals surface area contributed by atoms with E-state index in [9.17, 15) is 0 Å². The Morgan fingerprint density at radius 3 is 2.56 bits per heavy atom. The van der Waals surface area contributed by atoms with Gasteiger partial charge in [0.25, 0.3) is 0 Å². The Bertz CT molecular complexity index is 296. The van der Waals surface area contributed by atoms with Gasteiger partial charge < -0.3 is 10.2 Å².